The van der Waals surface area contributed by atoms with Crippen LogP contribution in [0.15, 0.2) is 102 Å². The molecule has 0 fully saturated rings. The highest BCUT2D eigenvalue weighted by atomic mass is 31.1. The molecule has 0 N–H and O–H groups in total. The topological polar surface area (TPSA) is 90.0 Å². The van der Waals surface area contributed by atoms with Gasteiger partial charge in [0.25, 0.3) is 0 Å². The summed E-state index contributed by atoms with van der Waals surface area (Å²) in [5.41, 5.74) is 6.17. The first-order chi connectivity index (χ1) is 18.6. The van der Waals surface area contributed by atoms with Gasteiger partial charge in [-0.1, -0.05) is 55.5 Å². The van der Waals surface area contributed by atoms with Gasteiger partial charge in [-0.2, -0.15) is 0 Å². The molecule has 0 aliphatic heterocycles. The predicted molar refractivity (Wildman–Crippen MR) is 139 cm³/mol. The van der Waals surface area contributed by atoms with Crippen LogP contribution >= 0.6 is 7.91 Å². The molecule has 190 valence electrons. The van der Waals surface area contributed by atoms with E-state index in [2.05, 4.69) is 50.5 Å². The fourth-order valence-corrected chi connectivity index (χ4v) is 4.29. The van der Waals surface area contributed by atoms with Gasteiger partial charge in [0, 0.05) is 35.4 Å². The first kappa shape index (κ1) is 25.4. The number of nitrogens with zero attached hydrogens (tertiary/aromatic N) is 4. The molecule has 0 aliphatic rings. The monoisotopic (exact) mass is 526 g/mol. The van der Waals surface area contributed by atoms with Gasteiger partial charge in [0.05, 0.1) is 17.7 Å². The first-order valence-corrected chi connectivity index (χ1v) is 13.4. The minimum atomic E-state index is -2.84. The maximum absolute atomic E-state index is 10.6. The van der Waals surface area contributed by atoms with Crippen molar-refractivity contribution in [2.24, 2.45) is 0 Å². The molecule has 0 unspecified atom stereocenters. The smallest absolute Gasteiger partial charge is 0.416 e. The average Bonchev–Trinajstić information content (AvgIpc) is 3.44. The maximum Gasteiger partial charge on any atom is 0.468 e. The van der Waals surface area contributed by atoms with Crippen molar-refractivity contribution in [1.29, 1.82) is 0 Å². The van der Waals surface area contributed by atoms with Crippen molar-refractivity contribution in [1.82, 2.24) is 10.2 Å². The van der Waals surface area contributed by atoms with E-state index in [0.717, 1.165) is 35.2 Å². The Kier molecular flexibility index (Phi) is 7.92. The van der Waals surface area contributed by atoms with Crippen molar-refractivity contribution < 1.29 is 27.2 Å². The molecule has 5 aromatic rings. The van der Waals surface area contributed by atoms with E-state index in [1.165, 1.54) is 11.1 Å². The van der Waals surface area contributed by atoms with E-state index >= 15 is 0 Å². The number of rotatable bonds is 10. The summed E-state index contributed by atoms with van der Waals surface area (Å²) in [5.74, 6) is 0.933. The second-order valence-corrected chi connectivity index (χ2v) is 9.62. The molecule has 0 saturated carbocycles. The summed E-state index contributed by atoms with van der Waals surface area (Å²) in [6.07, 6.45) is 8.99. The van der Waals surface area contributed by atoms with Gasteiger partial charge in [-0.3, -0.25) is 4.52 Å². The zero-order valence-electron chi connectivity index (χ0n) is 20.9. The van der Waals surface area contributed by atoms with Crippen molar-refractivity contribution in [3.05, 3.63) is 120 Å². The number of hydrogen-bond acceptors (Lipinski definition) is 6. The lowest BCUT2D eigenvalue weighted by Gasteiger charge is -2.01. The van der Waals surface area contributed by atoms with Crippen LogP contribution in [-0.4, -0.2) is 10.2 Å². The molecule has 0 saturated heterocycles. The lowest BCUT2D eigenvalue weighted by Crippen LogP contribution is -2.33. The van der Waals surface area contributed by atoms with Crippen molar-refractivity contribution in [3.63, 3.8) is 0 Å². The summed E-state index contributed by atoms with van der Waals surface area (Å²) >= 11 is 0. The molecule has 0 atom stereocenters. The molecule has 8 nitrogen and oxygen atoms in total. The van der Waals surface area contributed by atoms with Crippen LogP contribution in [0.25, 0.3) is 22.9 Å². The zero-order chi connectivity index (χ0) is 26.3. The second-order valence-electron chi connectivity index (χ2n) is 8.91. The minimum Gasteiger partial charge on any atom is -0.416 e. The van der Waals surface area contributed by atoms with Crippen LogP contribution in [0.5, 0.6) is 0 Å². The fraction of sp³-hybridized carbons (Fsp3) is 0.172. The van der Waals surface area contributed by atoms with Gasteiger partial charge in [-0.15, -0.1) is 10.2 Å². The molecule has 9 heteroatoms. The molecule has 0 spiro atoms. The van der Waals surface area contributed by atoms with E-state index < -0.39 is 7.91 Å². The quantitative estimate of drug-likeness (QED) is 0.183. The van der Waals surface area contributed by atoms with Crippen molar-refractivity contribution in [3.8, 4) is 22.9 Å². The normalized spacial score (nSPS) is 11.0. The Hall–Kier alpha value is -4.26. The predicted octanol–water partition coefficient (Wildman–Crippen LogP) is 5.24. The number of aromatic nitrogens is 4. The molecule has 5 rings (SSSR count). The van der Waals surface area contributed by atoms with E-state index in [-0.39, 0.29) is 6.61 Å². The highest BCUT2D eigenvalue weighted by Crippen LogP contribution is 2.22. The number of pyridine rings is 2. The fourth-order valence-electron chi connectivity index (χ4n) is 4.04. The Bertz CT molecular complexity index is 1550. The summed E-state index contributed by atoms with van der Waals surface area (Å²) in [6, 6.07) is 24.1. The van der Waals surface area contributed by atoms with Crippen LogP contribution in [0.4, 0.5) is 0 Å². The number of hydrogen-bond donors (Lipinski definition) is 0. The summed E-state index contributed by atoms with van der Waals surface area (Å²) in [5, 5.41) is 8.47. The van der Waals surface area contributed by atoms with E-state index in [9.17, 15) is 9.13 Å². The standard InChI is InChI=1S/C29H27N4O4P/c1-2-22-3-5-23(6-4-22)19-32-15-11-26(12-16-32)28-30-31-29(37-28)27-13-17-33(18-14-27)20-24-7-9-25(10-8-24)21-36-38(34)35/h3-18H,2,19-21H2,1H3/q+2. The molecular weight excluding hydrogens is 499 g/mol. The Morgan fingerprint density at radius 2 is 1.08 bits per heavy atom. The molecular formula is C29H27N4O4P+2. The highest BCUT2D eigenvalue weighted by Gasteiger charge is 2.14. The van der Waals surface area contributed by atoms with Crippen LogP contribution in [0, 0.1) is 0 Å². The minimum absolute atomic E-state index is 0.0451. The van der Waals surface area contributed by atoms with Crippen LogP contribution < -0.4 is 9.13 Å². The van der Waals surface area contributed by atoms with Gasteiger partial charge in [0.15, 0.2) is 37.9 Å². The van der Waals surface area contributed by atoms with E-state index in [4.69, 9.17) is 4.42 Å². The van der Waals surface area contributed by atoms with Gasteiger partial charge in [-0.25, -0.2) is 18.3 Å². The third-order valence-electron chi connectivity index (χ3n) is 6.22. The van der Waals surface area contributed by atoms with Gasteiger partial charge in [0.2, 0.25) is 11.8 Å². The third-order valence-corrected chi connectivity index (χ3v) is 6.56. The molecule has 0 bridgehead atoms. The molecule has 0 amide bonds. The molecule has 0 radical (unpaired) electrons. The van der Waals surface area contributed by atoms with Crippen molar-refractivity contribution in [2.45, 2.75) is 33.0 Å². The lowest BCUT2D eigenvalue weighted by atomic mass is 10.1. The van der Waals surface area contributed by atoms with Crippen LogP contribution in [0.1, 0.15) is 29.2 Å². The largest absolute Gasteiger partial charge is 0.468 e. The third kappa shape index (κ3) is 6.54. The van der Waals surface area contributed by atoms with Crippen LogP contribution in [-0.2, 0) is 39.8 Å². The Morgan fingerprint density at radius 1 is 0.658 bits per heavy atom. The SMILES string of the molecule is CCc1ccc(C[n+]2ccc(-c3nnc(-c4cc[n+](Cc5ccc(COP(=O)=O)cc5)cc4)o3)cc2)cc1. The lowest BCUT2D eigenvalue weighted by molar-refractivity contribution is -0.688. The van der Waals surface area contributed by atoms with E-state index in [1.807, 2.05) is 77.9 Å². The molecule has 3 heterocycles. The van der Waals surface area contributed by atoms with Gasteiger partial charge in [-0.05, 0) is 17.5 Å². The molecule has 3 aromatic heterocycles. The summed E-state index contributed by atoms with van der Waals surface area (Å²) < 4.78 is 35.9. The van der Waals surface area contributed by atoms with Crippen LogP contribution in [0.2, 0.25) is 0 Å². The van der Waals surface area contributed by atoms with E-state index in [1.54, 1.807) is 0 Å². The average molecular weight is 527 g/mol. The Morgan fingerprint density at radius 3 is 1.50 bits per heavy atom. The second kappa shape index (κ2) is 11.9. The zero-order valence-corrected chi connectivity index (χ0v) is 21.8. The Labute approximate surface area is 221 Å². The van der Waals surface area contributed by atoms with Crippen LogP contribution in [0.3, 0.4) is 0 Å². The molecule has 0 aliphatic carbocycles. The first-order valence-electron chi connectivity index (χ1n) is 12.3. The van der Waals surface area contributed by atoms with Crippen molar-refractivity contribution in [2.75, 3.05) is 0 Å². The maximum atomic E-state index is 10.6. The Balaban J connectivity index is 1.20. The highest BCUT2D eigenvalue weighted by molar-refractivity contribution is 7.24. The molecule has 2 aromatic carbocycles. The van der Waals surface area contributed by atoms with Crippen molar-refractivity contribution >= 4 is 7.91 Å². The van der Waals surface area contributed by atoms with Gasteiger partial charge < -0.3 is 4.42 Å². The van der Waals surface area contributed by atoms with E-state index in [0.29, 0.717) is 18.3 Å². The number of benzene rings is 2. The van der Waals surface area contributed by atoms with Gasteiger partial charge >= 0.3 is 7.91 Å². The number of aryl methyl sites for hydroxylation is 1. The summed E-state index contributed by atoms with van der Waals surface area (Å²) in [6.45, 7) is 3.67. The summed E-state index contributed by atoms with van der Waals surface area (Å²) in [7, 11) is -2.84. The van der Waals surface area contributed by atoms with Gasteiger partial charge in [0.1, 0.15) is 0 Å². The molecule has 38 heavy (non-hydrogen) atoms. The summed E-state index contributed by atoms with van der Waals surface area (Å²) in [4.78, 5) is 0.